The second kappa shape index (κ2) is 3.31. The van der Waals surface area contributed by atoms with Crippen LogP contribution in [0, 0.1) is 13.8 Å². The molecule has 0 fully saturated rings. The Balaban J connectivity index is 2.72. The zero-order valence-corrected chi connectivity index (χ0v) is 9.55. The van der Waals surface area contributed by atoms with Crippen LogP contribution in [-0.4, -0.2) is 11.2 Å². The zero-order valence-electron chi connectivity index (χ0n) is 7.92. The van der Waals surface area contributed by atoms with E-state index in [1.54, 1.807) is 23.1 Å². The van der Waals surface area contributed by atoms with Gasteiger partial charge < -0.3 is 0 Å². The summed E-state index contributed by atoms with van der Waals surface area (Å²) < 4.78 is 1.30. The molecule has 0 amide bonds. The molecule has 0 spiro atoms. The molecule has 2 aromatic rings. The third-order valence-electron chi connectivity index (χ3n) is 2.01. The van der Waals surface area contributed by atoms with Gasteiger partial charge in [-0.3, -0.25) is 0 Å². The first-order valence-electron chi connectivity index (χ1n) is 4.12. The van der Waals surface area contributed by atoms with Gasteiger partial charge in [-0.15, -0.1) is 23.1 Å². The van der Waals surface area contributed by atoms with Crippen molar-refractivity contribution in [1.82, 2.24) is 4.98 Å². The van der Waals surface area contributed by atoms with Gasteiger partial charge in [0.25, 0.3) is 0 Å². The molecular formula is C10H11NS2. The summed E-state index contributed by atoms with van der Waals surface area (Å²) in [7, 11) is 0. The molecule has 0 atom stereocenters. The Morgan fingerprint density at radius 3 is 2.77 bits per heavy atom. The number of hydrogen-bond donors (Lipinski definition) is 0. The van der Waals surface area contributed by atoms with Crippen molar-refractivity contribution < 1.29 is 0 Å². The van der Waals surface area contributed by atoms with E-state index in [2.05, 4.69) is 37.2 Å². The SMILES string of the molecule is CSc1cc2sc(C)nc2cc1C. The minimum atomic E-state index is 1.14. The summed E-state index contributed by atoms with van der Waals surface area (Å²) in [4.78, 5) is 5.82. The van der Waals surface area contributed by atoms with Gasteiger partial charge >= 0.3 is 0 Å². The summed E-state index contributed by atoms with van der Waals surface area (Å²) in [6.07, 6.45) is 2.11. The number of rotatable bonds is 1. The monoisotopic (exact) mass is 209 g/mol. The first-order chi connectivity index (χ1) is 6.20. The van der Waals surface area contributed by atoms with E-state index in [-0.39, 0.29) is 0 Å². The Labute approximate surface area is 86.2 Å². The quantitative estimate of drug-likeness (QED) is 0.665. The van der Waals surface area contributed by atoms with E-state index in [0.29, 0.717) is 0 Å². The van der Waals surface area contributed by atoms with Crippen LogP contribution in [-0.2, 0) is 0 Å². The fourth-order valence-electron chi connectivity index (χ4n) is 1.39. The zero-order chi connectivity index (χ0) is 9.42. The third-order valence-corrected chi connectivity index (χ3v) is 3.83. The number of benzene rings is 1. The van der Waals surface area contributed by atoms with E-state index in [1.165, 1.54) is 15.2 Å². The van der Waals surface area contributed by atoms with Crippen LogP contribution in [0.1, 0.15) is 10.6 Å². The van der Waals surface area contributed by atoms with Crippen LogP contribution in [0.3, 0.4) is 0 Å². The van der Waals surface area contributed by atoms with Gasteiger partial charge in [0.15, 0.2) is 0 Å². The minimum Gasteiger partial charge on any atom is -0.242 e. The number of nitrogens with zero attached hydrogens (tertiary/aromatic N) is 1. The third kappa shape index (κ3) is 1.58. The minimum absolute atomic E-state index is 1.14. The summed E-state index contributed by atoms with van der Waals surface area (Å²) in [6, 6.07) is 4.41. The molecule has 68 valence electrons. The van der Waals surface area contributed by atoms with E-state index in [9.17, 15) is 0 Å². The number of thiazole rings is 1. The number of hydrogen-bond acceptors (Lipinski definition) is 3. The van der Waals surface area contributed by atoms with Crippen LogP contribution in [0.15, 0.2) is 17.0 Å². The molecule has 0 saturated heterocycles. The Bertz CT molecular complexity index is 445. The maximum absolute atomic E-state index is 4.46. The Kier molecular flexibility index (Phi) is 2.30. The Morgan fingerprint density at radius 1 is 1.31 bits per heavy atom. The lowest BCUT2D eigenvalue weighted by molar-refractivity contribution is 1.30. The molecule has 1 aromatic heterocycles. The smallest absolute Gasteiger partial charge is 0.0907 e. The molecule has 3 heteroatoms. The highest BCUT2D eigenvalue weighted by atomic mass is 32.2. The molecule has 0 unspecified atom stereocenters. The molecule has 1 aromatic carbocycles. The van der Waals surface area contributed by atoms with Crippen molar-refractivity contribution >= 4 is 33.3 Å². The van der Waals surface area contributed by atoms with Crippen molar-refractivity contribution in [1.29, 1.82) is 0 Å². The maximum atomic E-state index is 4.46. The van der Waals surface area contributed by atoms with Crippen LogP contribution in [0.5, 0.6) is 0 Å². The lowest BCUT2D eigenvalue weighted by atomic mass is 10.2. The van der Waals surface area contributed by atoms with Crippen LogP contribution < -0.4 is 0 Å². The summed E-state index contributed by atoms with van der Waals surface area (Å²) in [5.41, 5.74) is 2.46. The normalized spacial score (nSPS) is 11.0. The first-order valence-corrected chi connectivity index (χ1v) is 6.16. The molecule has 0 radical (unpaired) electrons. The Hall–Kier alpha value is -0.540. The highest BCUT2D eigenvalue weighted by molar-refractivity contribution is 7.98. The standard InChI is InChI=1S/C10H11NS2/c1-6-4-8-10(5-9(6)12-3)13-7(2)11-8/h4-5H,1-3H3. The van der Waals surface area contributed by atoms with E-state index in [0.717, 1.165) is 10.5 Å². The number of fused-ring (bicyclic) bond motifs is 1. The van der Waals surface area contributed by atoms with Gasteiger partial charge in [-0.05, 0) is 37.8 Å². The van der Waals surface area contributed by atoms with Gasteiger partial charge in [-0.2, -0.15) is 0 Å². The predicted octanol–water partition coefficient (Wildman–Crippen LogP) is 3.64. The molecular weight excluding hydrogens is 198 g/mol. The van der Waals surface area contributed by atoms with Crippen molar-refractivity contribution in [3.05, 3.63) is 22.7 Å². The van der Waals surface area contributed by atoms with Gasteiger partial charge in [-0.25, -0.2) is 4.98 Å². The lowest BCUT2D eigenvalue weighted by Gasteiger charge is -2.00. The number of aryl methyl sites for hydroxylation is 2. The van der Waals surface area contributed by atoms with Crippen LogP contribution >= 0.6 is 23.1 Å². The second-order valence-electron chi connectivity index (χ2n) is 3.02. The molecule has 1 nitrogen and oxygen atoms in total. The Morgan fingerprint density at radius 2 is 2.08 bits per heavy atom. The average Bonchev–Trinajstić information content (AvgIpc) is 2.42. The molecule has 0 aliphatic rings. The summed E-state index contributed by atoms with van der Waals surface area (Å²) in [5, 5.41) is 1.15. The lowest BCUT2D eigenvalue weighted by Crippen LogP contribution is -1.78. The summed E-state index contributed by atoms with van der Waals surface area (Å²) in [6.45, 7) is 4.19. The highest BCUT2D eigenvalue weighted by Gasteiger charge is 2.04. The number of thioether (sulfide) groups is 1. The van der Waals surface area contributed by atoms with Gasteiger partial charge in [-0.1, -0.05) is 0 Å². The fourth-order valence-corrected chi connectivity index (χ4v) is 2.93. The molecule has 13 heavy (non-hydrogen) atoms. The first kappa shape index (κ1) is 9.03. The van der Waals surface area contributed by atoms with Crippen LogP contribution in [0.4, 0.5) is 0 Å². The molecule has 0 aliphatic carbocycles. The fraction of sp³-hybridized carbons (Fsp3) is 0.300. The van der Waals surface area contributed by atoms with Crippen molar-refractivity contribution in [2.75, 3.05) is 6.26 Å². The van der Waals surface area contributed by atoms with E-state index < -0.39 is 0 Å². The van der Waals surface area contributed by atoms with Crippen molar-refractivity contribution in [3.63, 3.8) is 0 Å². The van der Waals surface area contributed by atoms with E-state index in [4.69, 9.17) is 0 Å². The van der Waals surface area contributed by atoms with Gasteiger partial charge in [0, 0.05) is 4.90 Å². The largest absolute Gasteiger partial charge is 0.242 e. The summed E-state index contributed by atoms with van der Waals surface area (Å²) in [5.74, 6) is 0. The van der Waals surface area contributed by atoms with Crippen LogP contribution in [0.25, 0.3) is 10.2 Å². The molecule has 0 aliphatic heterocycles. The topological polar surface area (TPSA) is 12.9 Å². The van der Waals surface area contributed by atoms with Crippen LogP contribution in [0.2, 0.25) is 0 Å². The van der Waals surface area contributed by atoms with Crippen molar-refractivity contribution in [2.24, 2.45) is 0 Å². The molecule has 1 heterocycles. The van der Waals surface area contributed by atoms with Crippen molar-refractivity contribution in [2.45, 2.75) is 18.7 Å². The van der Waals surface area contributed by atoms with E-state index >= 15 is 0 Å². The number of aromatic nitrogens is 1. The summed E-state index contributed by atoms with van der Waals surface area (Å²) >= 11 is 3.56. The maximum Gasteiger partial charge on any atom is 0.0907 e. The van der Waals surface area contributed by atoms with Gasteiger partial charge in [0.1, 0.15) is 0 Å². The van der Waals surface area contributed by atoms with Gasteiger partial charge in [0.2, 0.25) is 0 Å². The molecule has 2 rings (SSSR count). The molecule has 0 N–H and O–H groups in total. The van der Waals surface area contributed by atoms with E-state index in [1.807, 2.05) is 0 Å². The predicted molar refractivity (Wildman–Crippen MR) is 60.9 cm³/mol. The average molecular weight is 209 g/mol. The highest BCUT2D eigenvalue weighted by Crippen LogP contribution is 2.29. The molecule has 0 saturated carbocycles. The molecule has 0 bridgehead atoms. The second-order valence-corrected chi connectivity index (χ2v) is 5.11. The van der Waals surface area contributed by atoms with Crippen molar-refractivity contribution in [3.8, 4) is 0 Å². The van der Waals surface area contributed by atoms with Gasteiger partial charge in [0.05, 0.1) is 15.2 Å².